The first kappa shape index (κ1) is 8.49. The van der Waals surface area contributed by atoms with Gasteiger partial charge >= 0.3 is 0 Å². The minimum absolute atomic E-state index is 0.725. The highest BCUT2D eigenvalue weighted by Crippen LogP contribution is 2.20. The van der Waals surface area contributed by atoms with Crippen LogP contribution in [0.15, 0.2) is 23.3 Å². The second-order valence-corrected chi connectivity index (χ2v) is 1.36. The Labute approximate surface area is 53.4 Å². The van der Waals surface area contributed by atoms with Gasteiger partial charge in [-0.05, 0) is 11.6 Å². The van der Waals surface area contributed by atoms with Crippen LogP contribution in [-0.2, 0) is 0 Å². The highest BCUT2D eigenvalue weighted by atomic mass is 35.5. The molecule has 0 rings (SSSR count). The summed E-state index contributed by atoms with van der Waals surface area (Å²) in [5.74, 6) is -3.98. The van der Waals surface area contributed by atoms with Crippen molar-refractivity contribution in [2.24, 2.45) is 0 Å². The second kappa shape index (κ2) is 3.50. The molecule has 0 amide bonds. The highest BCUT2D eigenvalue weighted by molar-refractivity contribution is 6.28. The molecule has 0 aromatic heterocycles. The summed E-state index contributed by atoms with van der Waals surface area (Å²) in [4.78, 5) is 0. The molecule has 0 aliphatic carbocycles. The molecule has 0 unspecified atom stereocenters. The van der Waals surface area contributed by atoms with Crippen molar-refractivity contribution < 1.29 is 17.6 Å². The zero-order chi connectivity index (χ0) is 7.44. The van der Waals surface area contributed by atoms with Crippen molar-refractivity contribution in [3.63, 3.8) is 0 Å². The third-order valence-electron chi connectivity index (χ3n) is 0.471. The molecule has 0 saturated carbocycles. The van der Waals surface area contributed by atoms with Gasteiger partial charge in [-0.15, -0.1) is 0 Å². The van der Waals surface area contributed by atoms with Crippen molar-refractivity contribution in [2.75, 3.05) is 0 Å². The molecule has 0 aromatic rings. The summed E-state index contributed by atoms with van der Waals surface area (Å²) in [7, 11) is 0. The van der Waals surface area contributed by atoms with Gasteiger partial charge in [0, 0.05) is 0 Å². The third-order valence-corrected chi connectivity index (χ3v) is 0.637. The lowest BCUT2D eigenvalue weighted by Crippen LogP contribution is -1.73. The molecule has 0 aromatic carbocycles. The second-order valence-electron chi connectivity index (χ2n) is 1.03. The largest absolute Gasteiger partial charge is 0.228 e. The van der Waals surface area contributed by atoms with Crippen molar-refractivity contribution in [1.29, 1.82) is 0 Å². The van der Waals surface area contributed by atoms with E-state index in [1.807, 2.05) is 0 Å². The molecule has 0 bridgehead atoms. The molecule has 0 nitrogen and oxygen atoms in total. The van der Waals surface area contributed by atoms with Crippen LogP contribution in [0.3, 0.4) is 0 Å². The monoisotopic (exact) mass is 160 g/mol. The maximum absolute atomic E-state index is 11.6. The van der Waals surface area contributed by atoms with Gasteiger partial charge < -0.3 is 0 Å². The molecule has 0 fully saturated rings. The lowest BCUT2D eigenvalue weighted by molar-refractivity contribution is 0.495. The molecular weight excluding hydrogens is 159 g/mol. The molecular formula is C4HClF4. The minimum atomic E-state index is -2.03. The minimum Gasteiger partial charge on any atom is -0.212 e. The van der Waals surface area contributed by atoms with Gasteiger partial charge in [0.1, 0.15) is 6.33 Å². The smallest absolute Gasteiger partial charge is 0.212 e. The van der Waals surface area contributed by atoms with E-state index in [9.17, 15) is 17.6 Å². The average Bonchev–Trinajstić information content (AvgIpc) is 1.84. The number of allylic oxidation sites excluding steroid dienone is 2. The van der Waals surface area contributed by atoms with Gasteiger partial charge in [0.25, 0.3) is 0 Å². The van der Waals surface area contributed by atoms with E-state index in [0.29, 0.717) is 0 Å². The summed E-state index contributed by atoms with van der Waals surface area (Å²) < 4.78 is 45.4. The fraction of sp³-hybridized carbons (Fsp3) is 0. The van der Waals surface area contributed by atoms with E-state index >= 15 is 0 Å². The van der Waals surface area contributed by atoms with Crippen LogP contribution in [0.4, 0.5) is 17.6 Å². The molecule has 0 N–H and O–H groups in total. The Kier molecular flexibility index (Phi) is 3.30. The molecule has 9 heavy (non-hydrogen) atoms. The zero-order valence-corrected chi connectivity index (χ0v) is 4.72. The fourth-order valence-electron chi connectivity index (χ4n) is 0.138. The van der Waals surface area contributed by atoms with Crippen LogP contribution in [0.2, 0.25) is 0 Å². The van der Waals surface area contributed by atoms with Crippen molar-refractivity contribution in [1.82, 2.24) is 0 Å². The summed E-state index contributed by atoms with van der Waals surface area (Å²) in [6.45, 7) is 0. The number of hydrogen-bond acceptors (Lipinski definition) is 0. The van der Waals surface area contributed by atoms with Crippen LogP contribution in [0, 0.1) is 0 Å². The topological polar surface area (TPSA) is 0 Å². The number of rotatable bonds is 1. The Morgan fingerprint density at radius 1 is 1.22 bits per heavy atom. The Hall–Kier alpha value is -0.510. The fourth-order valence-corrected chi connectivity index (χ4v) is 0.228. The predicted octanol–water partition coefficient (Wildman–Crippen LogP) is 3.11. The quantitative estimate of drug-likeness (QED) is 0.408. The Morgan fingerprint density at radius 3 is 1.78 bits per heavy atom. The summed E-state index contributed by atoms with van der Waals surface area (Å²) >= 11 is 4.29. The van der Waals surface area contributed by atoms with Crippen molar-refractivity contribution in [3.05, 3.63) is 23.3 Å². The van der Waals surface area contributed by atoms with E-state index in [1.165, 1.54) is 0 Å². The summed E-state index contributed by atoms with van der Waals surface area (Å²) in [5.41, 5.74) is 0. The first-order valence-electron chi connectivity index (χ1n) is 1.76. The third kappa shape index (κ3) is 2.51. The molecule has 5 heteroatoms. The molecule has 0 saturated heterocycles. The van der Waals surface area contributed by atoms with E-state index in [4.69, 9.17) is 0 Å². The number of hydrogen-bond donors (Lipinski definition) is 0. The summed E-state index contributed by atoms with van der Waals surface area (Å²) in [6, 6.07) is 0. The molecule has 0 radical (unpaired) electrons. The molecule has 52 valence electrons. The standard InChI is InChI=1S/C4HClF4/c5-4(9)3(8)2(7)1-6/h1H. The van der Waals surface area contributed by atoms with Crippen LogP contribution in [-0.4, -0.2) is 0 Å². The highest BCUT2D eigenvalue weighted by Gasteiger charge is 2.08. The van der Waals surface area contributed by atoms with Gasteiger partial charge in [-0.1, -0.05) is 0 Å². The average molecular weight is 160 g/mol. The van der Waals surface area contributed by atoms with Gasteiger partial charge in [-0.25, -0.2) is 8.78 Å². The van der Waals surface area contributed by atoms with E-state index in [-0.39, 0.29) is 0 Å². The molecule has 0 aliphatic rings. The lowest BCUT2D eigenvalue weighted by Gasteiger charge is -1.86. The van der Waals surface area contributed by atoms with Crippen LogP contribution in [0.1, 0.15) is 0 Å². The first-order valence-corrected chi connectivity index (χ1v) is 2.14. The zero-order valence-electron chi connectivity index (χ0n) is 3.97. The van der Waals surface area contributed by atoms with E-state index < -0.39 is 23.3 Å². The maximum Gasteiger partial charge on any atom is 0.228 e. The van der Waals surface area contributed by atoms with E-state index in [1.54, 1.807) is 0 Å². The molecule has 0 atom stereocenters. The molecule has 0 aliphatic heterocycles. The van der Waals surface area contributed by atoms with Crippen LogP contribution < -0.4 is 0 Å². The Morgan fingerprint density at radius 2 is 1.67 bits per heavy atom. The van der Waals surface area contributed by atoms with Crippen LogP contribution >= 0.6 is 11.6 Å². The van der Waals surface area contributed by atoms with Crippen molar-refractivity contribution >= 4 is 11.6 Å². The normalized spacial score (nSPS) is 15.4. The number of halogens is 5. The maximum atomic E-state index is 11.6. The summed E-state index contributed by atoms with van der Waals surface area (Å²) in [5, 5.41) is -1.90. The van der Waals surface area contributed by atoms with Gasteiger partial charge in [-0.3, -0.25) is 0 Å². The molecule has 0 heterocycles. The van der Waals surface area contributed by atoms with Gasteiger partial charge in [0.15, 0.2) is 5.83 Å². The van der Waals surface area contributed by atoms with Crippen molar-refractivity contribution in [2.45, 2.75) is 0 Å². The Bertz CT molecular complexity index is 156. The lowest BCUT2D eigenvalue weighted by atomic mass is 10.5. The van der Waals surface area contributed by atoms with Crippen LogP contribution in [0.25, 0.3) is 0 Å². The Balaban J connectivity index is 4.40. The summed E-state index contributed by atoms with van der Waals surface area (Å²) in [6.07, 6.45) is -0.725. The van der Waals surface area contributed by atoms with Gasteiger partial charge in [-0.2, -0.15) is 8.78 Å². The van der Waals surface area contributed by atoms with E-state index in [2.05, 4.69) is 11.6 Å². The predicted molar refractivity (Wildman–Crippen MR) is 25.4 cm³/mol. The van der Waals surface area contributed by atoms with E-state index in [0.717, 1.165) is 0 Å². The first-order chi connectivity index (χ1) is 4.09. The van der Waals surface area contributed by atoms with Crippen LogP contribution in [0.5, 0.6) is 0 Å². The van der Waals surface area contributed by atoms with Crippen molar-refractivity contribution in [3.8, 4) is 0 Å². The van der Waals surface area contributed by atoms with Gasteiger partial charge in [0.2, 0.25) is 11.1 Å². The molecule has 0 spiro atoms. The van der Waals surface area contributed by atoms with Gasteiger partial charge in [0.05, 0.1) is 0 Å². The SMILES string of the molecule is FC=C(F)C(F)=C(F)Cl.